The summed E-state index contributed by atoms with van der Waals surface area (Å²) in [7, 11) is 0. The van der Waals surface area contributed by atoms with Crippen molar-refractivity contribution < 1.29 is 4.39 Å². The van der Waals surface area contributed by atoms with E-state index in [1.807, 2.05) is 0 Å². The molecule has 1 saturated carbocycles. The Bertz CT molecular complexity index is 711. The summed E-state index contributed by atoms with van der Waals surface area (Å²) >= 11 is 5.25. The quantitative estimate of drug-likeness (QED) is 0.648. The van der Waals surface area contributed by atoms with Crippen LogP contribution in [0.4, 0.5) is 4.39 Å². The van der Waals surface area contributed by atoms with E-state index >= 15 is 0 Å². The molecule has 122 valence electrons. The molecule has 0 radical (unpaired) electrons. The Morgan fingerprint density at radius 1 is 1.26 bits per heavy atom. The fraction of sp³-hybridized carbons (Fsp3) is 0.471. The van der Waals surface area contributed by atoms with E-state index in [0.717, 1.165) is 30.1 Å². The highest BCUT2D eigenvalue weighted by molar-refractivity contribution is 7.71. The molecular weight excluding hydrogens is 311 g/mol. The van der Waals surface area contributed by atoms with E-state index in [1.165, 1.54) is 44.2 Å². The van der Waals surface area contributed by atoms with Gasteiger partial charge in [0.25, 0.3) is 0 Å². The summed E-state index contributed by atoms with van der Waals surface area (Å²) in [6.45, 7) is 0. The molecule has 1 aromatic heterocycles. The van der Waals surface area contributed by atoms with Crippen LogP contribution in [-0.2, 0) is 6.42 Å². The highest BCUT2D eigenvalue weighted by atomic mass is 32.1. The van der Waals surface area contributed by atoms with E-state index in [9.17, 15) is 4.39 Å². The van der Waals surface area contributed by atoms with Gasteiger partial charge in [-0.1, -0.05) is 44.2 Å². The lowest BCUT2D eigenvalue weighted by molar-refractivity contribution is 0.336. The van der Waals surface area contributed by atoms with Gasteiger partial charge in [-0.05, 0) is 42.3 Å². The molecule has 0 unspecified atom stereocenters. The Morgan fingerprint density at radius 3 is 2.74 bits per heavy atom. The number of hydrogen-bond acceptors (Lipinski definition) is 3. The number of benzene rings is 1. The number of rotatable bonds is 5. The highest BCUT2D eigenvalue weighted by Crippen LogP contribution is 2.27. The highest BCUT2D eigenvalue weighted by Gasteiger charge is 2.15. The normalized spacial score (nSPS) is 16.2. The first kappa shape index (κ1) is 16.1. The van der Waals surface area contributed by atoms with E-state index in [1.54, 1.807) is 23.0 Å². The largest absolute Gasteiger partial charge is 0.250 e. The van der Waals surface area contributed by atoms with Gasteiger partial charge in [0.15, 0.2) is 5.82 Å². The van der Waals surface area contributed by atoms with E-state index in [0.29, 0.717) is 4.77 Å². The maximum Gasteiger partial charge on any atom is 0.216 e. The molecule has 1 fully saturated rings. The molecule has 0 spiro atoms. The van der Waals surface area contributed by atoms with Crippen molar-refractivity contribution in [3.05, 3.63) is 46.2 Å². The van der Waals surface area contributed by atoms with E-state index < -0.39 is 0 Å². The average Bonchev–Trinajstić information content (AvgIpc) is 2.93. The van der Waals surface area contributed by atoms with Crippen molar-refractivity contribution in [3.63, 3.8) is 0 Å². The van der Waals surface area contributed by atoms with E-state index in [2.05, 4.69) is 15.3 Å². The van der Waals surface area contributed by atoms with Gasteiger partial charge in [0.05, 0.1) is 6.21 Å². The van der Waals surface area contributed by atoms with Crippen molar-refractivity contribution in [1.29, 1.82) is 0 Å². The van der Waals surface area contributed by atoms with Crippen LogP contribution < -0.4 is 0 Å². The zero-order valence-electron chi connectivity index (χ0n) is 13.0. The first-order chi connectivity index (χ1) is 11.2. The number of nitrogens with zero attached hydrogens (tertiary/aromatic N) is 3. The van der Waals surface area contributed by atoms with Gasteiger partial charge in [0.2, 0.25) is 4.77 Å². The molecule has 3 rings (SSSR count). The maximum atomic E-state index is 12.9. The topological polar surface area (TPSA) is 46.0 Å². The molecule has 0 aliphatic heterocycles. The third-order valence-electron chi connectivity index (χ3n) is 4.41. The fourth-order valence-electron chi connectivity index (χ4n) is 3.09. The van der Waals surface area contributed by atoms with Crippen molar-refractivity contribution in [2.45, 2.75) is 44.9 Å². The molecule has 23 heavy (non-hydrogen) atoms. The number of aryl methyl sites for hydroxylation is 1. The molecule has 6 heteroatoms. The number of H-pyrrole nitrogens is 1. The Kier molecular flexibility index (Phi) is 5.33. The summed E-state index contributed by atoms with van der Waals surface area (Å²) in [6, 6.07) is 6.20. The molecule has 0 atom stereocenters. The van der Waals surface area contributed by atoms with Gasteiger partial charge in [-0.2, -0.15) is 14.9 Å². The van der Waals surface area contributed by atoms with Crippen molar-refractivity contribution >= 4 is 18.4 Å². The number of hydrogen-bond donors (Lipinski definition) is 1. The molecule has 1 N–H and O–H groups in total. The molecule has 2 aromatic rings. The molecule has 4 nitrogen and oxygen atoms in total. The van der Waals surface area contributed by atoms with Crippen molar-refractivity contribution in [3.8, 4) is 0 Å². The minimum Gasteiger partial charge on any atom is -0.250 e. The average molecular weight is 332 g/mol. The summed E-state index contributed by atoms with van der Waals surface area (Å²) in [5.41, 5.74) is 0.827. The van der Waals surface area contributed by atoms with Gasteiger partial charge >= 0.3 is 0 Å². The lowest BCUT2D eigenvalue weighted by Crippen LogP contribution is -2.09. The second-order valence-corrected chi connectivity index (χ2v) is 6.48. The molecule has 1 aliphatic rings. The Morgan fingerprint density at radius 2 is 2.00 bits per heavy atom. The molecule has 0 amide bonds. The van der Waals surface area contributed by atoms with Crippen molar-refractivity contribution in [1.82, 2.24) is 14.9 Å². The van der Waals surface area contributed by atoms with Crippen LogP contribution in [0, 0.1) is 16.5 Å². The standard InChI is InChI=1S/C17H21FN4S/c18-15-9-6-14(7-10-15)12-19-22-16(20-21-17(22)23)11-8-13-4-2-1-3-5-13/h6-7,9-10,12-13H,1-5,8,11H2,(H,21,23)/b19-12-. The minimum absolute atomic E-state index is 0.254. The van der Waals surface area contributed by atoms with Gasteiger partial charge in [0.1, 0.15) is 5.82 Å². The second-order valence-electron chi connectivity index (χ2n) is 6.10. The van der Waals surface area contributed by atoms with Crippen LogP contribution in [0.2, 0.25) is 0 Å². The monoisotopic (exact) mass is 332 g/mol. The SMILES string of the molecule is Fc1ccc(/C=N\n2c(CCC3CCCCC3)n[nH]c2=S)cc1. The number of halogens is 1. The van der Waals surface area contributed by atoms with Gasteiger partial charge in [-0.3, -0.25) is 5.10 Å². The maximum absolute atomic E-state index is 12.9. The van der Waals surface area contributed by atoms with Gasteiger partial charge < -0.3 is 0 Å². The number of aromatic amines is 1. The zero-order valence-corrected chi connectivity index (χ0v) is 13.9. The molecule has 1 aromatic carbocycles. The molecule has 1 aliphatic carbocycles. The van der Waals surface area contributed by atoms with E-state index in [4.69, 9.17) is 12.2 Å². The predicted octanol–water partition coefficient (Wildman–Crippen LogP) is 4.47. The molecular formula is C17H21FN4S. The third-order valence-corrected chi connectivity index (χ3v) is 4.67. The van der Waals surface area contributed by atoms with Gasteiger partial charge in [0, 0.05) is 6.42 Å². The lowest BCUT2D eigenvalue weighted by Gasteiger charge is -2.20. The number of aromatic nitrogens is 3. The second kappa shape index (κ2) is 7.64. The summed E-state index contributed by atoms with van der Waals surface area (Å²) in [6.07, 6.45) is 10.4. The van der Waals surface area contributed by atoms with Gasteiger partial charge in [-0.25, -0.2) is 4.39 Å². The molecule has 1 heterocycles. The summed E-state index contributed by atoms with van der Waals surface area (Å²) in [5.74, 6) is 1.40. The number of nitrogens with one attached hydrogen (secondary N) is 1. The fourth-order valence-corrected chi connectivity index (χ4v) is 3.29. The molecule has 0 saturated heterocycles. The molecule has 0 bridgehead atoms. The van der Waals surface area contributed by atoms with Gasteiger partial charge in [-0.15, -0.1) is 0 Å². The van der Waals surface area contributed by atoms with Crippen LogP contribution >= 0.6 is 12.2 Å². The van der Waals surface area contributed by atoms with Crippen LogP contribution in [0.5, 0.6) is 0 Å². The van der Waals surface area contributed by atoms with E-state index in [-0.39, 0.29) is 5.82 Å². The van der Waals surface area contributed by atoms with Crippen molar-refractivity contribution in [2.75, 3.05) is 0 Å². The Labute approximate surface area is 140 Å². The lowest BCUT2D eigenvalue weighted by atomic mass is 9.86. The third kappa shape index (κ3) is 4.34. The first-order valence-electron chi connectivity index (χ1n) is 8.18. The summed E-state index contributed by atoms with van der Waals surface area (Å²) < 4.78 is 15.1. The van der Waals surface area contributed by atoms with Crippen LogP contribution in [0.3, 0.4) is 0 Å². The van der Waals surface area contributed by atoms with Crippen LogP contribution in [0.25, 0.3) is 0 Å². The smallest absolute Gasteiger partial charge is 0.216 e. The van der Waals surface area contributed by atoms with Crippen molar-refractivity contribution in [2.24, 2.45) is 11.0 Å². The van der Waals surface area contributed by atoms with Crippen LogP contribution in [-0.4, -0.2) is 21.1 Å². The Balaban J connectivity index is 1.68. The summed E-state index contributed by atoms with van der Waals surface area (Å²) in [4.78, 5) is 0. The minimum atomic E-state index is -0.254. The summed E-state index contributed by atoms with van der Waals surface area (Å²) in [5, 5.41) is 11.5. The zero-order chi connectivity index (χ0) is 16.1. The first-order valence-corrected chi connectivity index (χ1v) is 8.59. The van der Waals surface area contributed by atoms with Crippen LogP contribution in [0.1, 0.15) is 49.9 Å². The van der Waals surface area contributed by atoms with Crippen LogP contribution in [0.15, 0.2) is 29.4 Å². The Hall–Kier alpha value is -1.82. The predicted molar refractivity (Wildman–Crippen MR) is 91.7 cm³/mol.